The van der Waals surface area contributed by atoms with Gasteiger partial charge >= 0.3 is 0 Å². The number of aromatic nitrogens is 2. The Balaban J connectivity index is 1.76. The number of nitrogens with one attached hydrogen (secondary N) is 1. The van der Waals surface area contributed by atoms with E-state index in [-0.39, 0.29) is 41.8 Å². The average Bonchev–Trinajstić information content (AvgIpc) is 3.39. The Labute approximate surface area is 193 Å². The zero-order chi connectivity index (χ0) is 24.8. The third-order valence-corrected chi connectivity index (χ3v) is 7.52. The quantitative estimate of drug-likeness (QED) is 0.384. The topological polar surface area (TPSA) is 90.2 Å². The number of anilines is 1. The Morgan fingerprint density at radius 2 is 2.03 bits per heavy atom. The molecule has 0 spiro atoms. The second kappa shape index (κ2) is 9.13. The molecule has 0 amide bonds. The fourth-order valence-corrected chi connectivity index (χ4v) is 4.98. The van der Waals surface area contributed by atoms with Crippen LogP contribution in [0, 0.1) is 17.5 Å². The van der Waals surface area contributed by atoms with E-state index in [0.29, 0.717) is 0 Å². The van der Waals surface area contributed by atoms with Crippen molar-refractivity contribution in [2.75, 3.05) is 25.0 Å². The third-order valence-electron chi connectivity index (χ3n) is 5.92. The minimum Gasteiger partial charge on any atom is -0.373 e. The molecule has 2 unspecified atom stereocenters. The first-order chi connectivity index (χ1) is 16.0. The van der Waals surface area contributed by atoms with Crippen LogP contribution in [0.25, 0.3) is 5.52 Å². The molecule has 8 nitrogen and oxygen atoms in total. The fraction of sp³-hybridized carbons (Fsp3) is 0.381. The fourth-order valence-electron chi connectivity index (χ4n) is 4.05. The van der Waals surface area contributed by atoms with Gasteiger partial charge in [0.15, 0.2) is 5.82 Å². The second-order valence-corrected chi connectivity index (χ2v) is 9.82. The third kappa shape index (κ3) is 4.35. The summed E-state index contributed by atoms with van der Waals surface area (Å²) in [5, 5.41) is 14.5. The Morgan fingerprint density at radius 3 is 2.74 bits per heavy atom. The van der Waals surface area contributed by atoms with E-state index in [0.717, 1.165) is 33.2 Å². The summed E-state index contributed by atoms with van der Waals surface area (Å²) in [5.41, 5.74) is -0.642. The minimum absolute atomic E-state index is 0.108. The van der Waals surface area contributed by atoms with Crippen molar-refractivity contribution in [1.82, 2.24) is 18.6 Å². The van der Waals surface area contributed by atoms with Crippen molar-refractivity contribution < 1.29 is 31.1 Å². The van der Waals surface area contributed by atoms with Crippen LogP contribution in [0.5, 0.6) is 0 Å². The molecule has 1 aromatic carbocycles. The average molecular weight is 502 g/mol. The van der Waals surface area contributed by atoms with Gasteiger partial charge in [0.05, 0.1) is 17.9 Å². The van der Waals surface area contributed by atoms with Crippen molar-refractivity contribution >= 4 is 21.4 Å². The normalized spacial score (nSPS) is 19.9. The monoisotopic (exact) mass is 501 g/mol. The van der Waals surface area contributed by atoms with Gasteiger partial charge in [-0.25, -0.2) is 22.1 Å². The van der Waals surface area contributed by atoms with Crippen LogP contribution in [-0.4, -0.2) is 53.8 Å². The number of alkyl halides is 1. The van der Waals surface area contributed by atoms with E-state index >= 15 is 4.39 Å². The van der Waals surface area contributed by atoms with Crippen molar-refractivity contribution in [2.45, 2.75) is 31.8 Å². The molecule has 3 heterocycles. The standard InChI is InChI=1S/C21H23F4N5O3S/c1-3-28(2)34(32,33)27-21(31)15-10-26-30-7-6-17(19(25)20(15)30)29-11-13(23)9-18(29)14-8-12(22)4-5-16(14)24/h4-8,10,13,18,21,27,31H,3,9,11H2,1-2H3/t13-,18?,21?/m0/s1. The Morgan fingerprint density at radius 1 is 1.29 bits per heavy atom. The van der Waals surface area contributed by atoms with Crippen molar-refractivity contribution in [3.8, 4) is 0 Å². The van der Waals surface area contributed by atoms with Gasteiger partial charge in [-0.2, -0.15) is 22.5 Å². The highest BCUT2D eigenvalue weighted by Gasteiger charge is 2.37. The molecular formula is C21H23F4N5O3S. The summed E-state index contributed by atoms with van der Waals surface area (Å²) in [4.78, 5) is 1.29. The van der Waals surface area contributed by atoms with Crippen molar-refractivity contribution in [3.63, 3.8) is 0 Å². The van der Waals surface area contributed by atoms with E-state index in [4.69, 9.17) is 0 Å². The van der Waals surface area contributed by atoms with Crippen LogP contribution in [0.15, 0.2) is 36.7 Å². The van der Waals surface area contributed by atoms with Crippen LogP contribution >= 0.6 is 0 Å². The number of hydrogen-bond donors (Lipinski definition) is 2. The summed E-state index contributed by atoms with van der Waals surface area (Å²) >= 11 is 0. The van der Waals surface area contributed by atoms with Crippen LogP contribution in [0.2, 0.25) is 0 Å². The van der Waals surface area contributed by atoms with Gasteiger partial charge in [0.2, 0.25) is 0 Å². The zero-order valence-electron chi connectivity index (χ0n) is 18.3. The molecule has 2 N–H and O–H groups in total. The number of rotatable bonds is 7. The van der Waals surface area contributed by atoms with Crippen LogP contribution in [0.4, 0.5) is 23.2 Å². The molecule has 1 aliphatic rings. The van der Waals surface area contributed by atoms with Gasteiger partial charge in [0.25, 0.3) is 10.2 Å². The van der Waals surface area contributed by atoms with E-state index in [1.807, 2.05) is 4.72 Å². The van der Waals surface area contributed by atoms with Gasteiger partial charge in [-0.05, 0) is 24.3 Å². The highest BCUT2D eigenvalue weighted by atomic mass is 32.2. The molecule has 4 rings (SSSR count). The highest BCUT2D eigenvalue weighted by Crippen LogP contribution is 2.41. The first-order valence-corrected chi connectivity index (χ1v) is 11.9. The van der Waals surface area contributed by atoms with Crippen LogP contribution in [0.1, 0.15) is 36.7 Å². The molecule has 1 saturated heterocycles. The molecular weight excluding hydrogens is 478 g/mol. The van der Waals surface area contributed by atoms with Crippen molar-refractivity contribution in [2.24, 2.45) is 0 Å². The maximum atomic E-state index is 15.7. The first-order valence-electron chi connectivity index (χ1n) is 10.5. The smallest absolute Gasteiger partial charge is 0.281 e. The number of pyridine rings is 1. The second-order valence-electron chi connectivity index (χ2n) is 8.01. The molecule has 0 radical (unpaired) electrons. The summed E-state index contributed by atoms with van der Waals surface area (Å²) < 4.78 is 87.0. The summed E-state index contributed by atoms with van der Waals surface area (Å²) in [7, 11) is -2.77. The van der Waals surface area contributed by atoms with E-state index in [1.54, 1.807) is 6.92 Å². The lowest BCUT2D eigenvalue weighted by Crippen LogP contribution is -2.40. The van der Waals surface area contributed by atoms with E-state index in [9.17, 15) is 26.7 Å². The van der Waals surface area contributed by atoms with Gasteiger partial charge in [0, 0.05) is 43.9 Å². The lowest BCUT2D eigenvalue weighted by molar-refractivity contribution is 0.165. The summed E-state index contributed by atoms with van der Waals surface area (Å²) in [5.74, 6) is -2.38. The van der Waals surface area contributed by atoms with Crippen molar-refractivity contribution in [1.29, 1.82) is 0 Å². The molecule has 1 aliphatic heterocycles. The van der Waals surface area contributed by atoms with Gasteiger partial charge in [-0.1, -0.05) is 6.92 Å². The van der Waals surface area contributed by atoms with Gasteiger partial charge in [-0.3, -0.25) is 0 Å². The Bertz CT molecular complexity index is 1320. The maximum Gasteiger partial charge on any atom is 0.281 e. The van der Waals surface area contributed by atoms with Gasteiger partial charge in [-0.15, -0.1) is 0 Å². The molecule has 0 saturated carbocycles. The van der Waals surface area contributed by atoms with E-state index in [1.165, 1.54) is 24.2 Å². The Hall–Kier alpha value is -2.74. The highest BCUT2D eigenvalue weighted by molar-refractivity contribution is 7.87. The lowest BCUT2D eigenvalue weighted by Gasteiger charge is -2.28. The summed E-state index contributed by atoms with van der Waals surface area (Å²) in [6.07, 6.45) is -0.975. The van der Waals surface area contributed by atoms with Gasteiger partial charge in [0.1, 0.15) is 29.6 Å². The molecule has 1 fully saturated rings. The minimum atomic E-state index is -4.07. The molecule has 3 atom stereocenters. The first kappa shape index (κ1) is 24.4. The molecule has 184 valence electrons. The maximum absolute atomic E-state index is 15.7. The largest absolute Gasteiger partial charge is 0.373 e. The number of fused-ring (bicyclic) bond motifs is 1. The lowest BCUT2D eigenvalue weighted by atomic mass is 10.0. The molecule has 0 aliphatic carbocycles. The van der Waals surface area contributed by atoms with Gasteiger partial charge < -0.3 is 10.0 Å². The SMILES string of the molecule is CCN(C)S(=O)(=O)NC(O)c1cnn2ccc(N3C[C@@H](F)CC3c3cc(F)ccc3F)c(F)c12. The molecule has 0 bridgehead atoms. The number of aliphatic hydroxyl groups excluding tert-OH is 1. The number of nitrogens with zero attached hydrogens (tertiary/aromatic N) is 4. The number of aliphatic hydroxyl groups is 1. The number of halogens is 4. The molecule has 3 aromatic rings. The zero-order valence-corrected chi connectivity index (χ0v) is 19.1. The number of hydrogen-bond acceptors (Lipinski definition) is 5. The van der Waals surface area contributed by atoms with E-state index in [2.05, 4.69) is 5.10 Å². The van der Waals surface area contributed by atoms with Crippen LogP contribution in [-0.2, 0) is 10.2 Å². The van der Waals surface area contributed by atoms with Crippen LogP contribution in [0.3, 0.4) is 0 Å². The molecule has 13 heteroatoms. The van der Waals surface area contributed by atoms with Crippen LogP contribution < -0.4 is 9.62 Å². The summed E-state index contributed by atoms with van der Waals surface area (Å²) in [6.45, 7) is 1.46. The Kier molecular flexibility index (Phi) is 6.55. The predicted molar refractivity (Wildman–Crippen MR) is 116 cm³/mol. The predicted octanol–water partition coefficient (Wildman–Crippen LogP) is 2.82. The molecule has 2 aromatic heterocycles. The van der Waals surface area contributed by atoms with Crippen molar-refractivity contribution in [3.05, 3.63) is 65.2 Å². The summed E-state index contributed by atoms with van der Waals surface area (Å²) in [6, 6.07) is 3.15. The molecule has 34 heavy (non-hydrogen) atoms. The number of benzene rings is 1. The van der Waals surface area contributed by atoms with E-state index < -0.39 is 46.1 Å².